The van der Waals surface area contributed by atoms with E-state index in [9.17, 15) is 4.79 Å². The van der Waals surface area contributed by atoms with E-state index in [0.29, 0.717) is 12.6 Å². The van der Waals surface area contributed by atoms with Crippen molar-refractivity contribution in [1.29, 1.82) is 0 Å². The lowest BCUT2D eigenvalue weighted by molar-refractivity contribution is 0.0258. The van der Waals surface area contributed by atoms with E-state index in [1.807, 2.05) is 25.7 Å². The summed E-state index contributed by atoms with van der Waals surface area (Å²) >= 11 is 0. The standard InChI is InChI=1S/C19H31N3O2/c1-14-5-7-16(8-6-14)22-13-15-9-11-21(12-10-17(15)20-22)18(23)24-19(2,3)4/h13-14,16H,5-12H2,1-4H3. The van der Waals surface area contributed by atoms with Gasteiger partial charge in [-0.1, -0.05) is 6.92 Å². The fraction of sp³-hybridized carbons (Fsp3) is 0.789. The van der Waals surface area contributed by atoms with Crippen LogP contribution in [-0.2, 0) is 17.6 Å². The molecule has 0 unspecified atom stereocenters. The molecule has 0 saturated heterocycles. The Labute approximate surface area is 145 Å². The minimum Gasteiger partial charge on any atom is -0.444 e. The van der Waals surface area contributed by atoms with Gasteiger partial charge in [-0.15, -0.1) is 0 Å². The number of carbonyl (C=O) groups excluding carboxylic acids is 1. The maximum Gasteiger partial charge on any atom is 0.410 e. The van der Waals surface area contributed by atoms with Crippen LogP contribution in [0, 0.1) is 5.92 Å². The van der Waals surface area contributed by atoms with Crippen LogP contribution in [0.25, 0.3) is 0 Å². The van der Waals surface area contributed by atoms with E-state index in [1.54, 1.807) is 0 Å². The zero-order valence-electron chi connectivity index (χ0n) is 15.5. The average molecular weight is 333 g/mol. The van der Waals surface area contributed by atoms with Crippen molar-refractivity contribution in [3.8, 4) is 0 Å². The Hall–Kier alpha value is -1.52. The summed E-state index contributed by atoms with van der Waals surface area (Å²) in [6.45, 7) is 9.49. The van der Waals surface area contributed by atoms with E-state index >= 15 is 0 Å². The van der Waals surface area contributed by atoms with Crippen molar-refractivity contribution in [1.82, 2.24) is 14.7 Å². The molecule has 0 aromatic carbocycles. The Morgan fingerprint density at radius 2 is 1.83 bits per heavy atom. The minimum absolute atomic E-state index is 0.207. The maximum atomic E-state index is 12.3. The van der Waals surface area contributed by atoms with E-state index in [-0.39, 0.29) is 6.09 Å². The van der Waals surface area contributed by atoms with Gasteiger partial charge in [-0.05, 0) is 64.4 Å². The van der Waals surface area contributed by atoms with Crippen molar-refractivity contribution in [2.45, 2.75) is 77.9 Å². The normalized spacial score (nSPS) is 25.1. The van der Waals surface area contributed by atoms with Crippen molar-refractivity contribution in [3.63, 3.8) is 0 Å². The molecule has 1 aliphatic heterocycles. The summed E-state index contributed by atoms with van der Waals surface area (Å²) < 4.78 is 7.71. The number of aromatic nitrogens is 2. The molecule has 5 nitrogen and oxygen atoms in total. The molecule has 0 spiro atoms. The Morgan fingerprint density at radius 1 is 1.17 bits per heavy atom. The molecular weight excluding hydrogens is 302 g/mol. The SMILES string of the molecule is CC1CCC(n2cc3c(n2)CCN(C(=O)OC(C)(C)C)CC3)CC1. The Balaban J connectivity index is 1.62. The highest BCUT2D eigenvalue weighted by atomic mass is 16.6. The van der Waals surface area contributed by atoms with Crippen LogP contribution in [0.3, 0.4) is 0 Å². The molecule has 0 N–H and O–H groups in total. The van der Waals surface area contributed by atoms with Crippen LogP contribution in [0.1, 0.15) is 70.7 Å². The summed E-state index contributed by atoms with van der Waals surface area (Å²) in [6.07, 6.45) is 8.82. The van der Waals surface area contributed by atoms with E-state index in [1.165, 1.54) is 36.9 Å². The lowest BCUT2D eigenvalue weighted by Gasteiger charge is -2.27. The molecular formula is C19H31N3O2. The van der Waals surface area contributed by atoms with Gasteiger partial charge < -0.3 is 9.64 Å². The third-order valence-electron chi connectivity index (χ3n) is 5.18. The van der Waals surface area contributed by atoms with Crippen LogP contribution in [0.2, 0.25) is 0 Å². The summed E-state index contributed by atoms with van der Waals surface area (Å²) in [5.74, 6) is 0.858. The zero-order chi connectivity index (χ0) is 17.3. The summed E-state index contributed by atoms with van der Waals surface area (Å²) in [5.41, 5.74) is 2.03. The number of rotatable bonds is 1. The molecule has 1 fully saturated rings. The summed E-state index contributed by atoms with van der Waals surface area (Å²) in [4.78, 5) is 14.1. The molecule has 0 bridgehead atoms. The minimum atomic E-state index is -0.440. The summed E-state index contributed by atoms with van der Waals surface area (Å²) in [6, 6.07) is 0.565. The molecule has 5 heteroatoms. The van der Waals surface area contributed by atoms with Crippen molar-refractivity contribution in [3.05, 3.63) is 17.5 Å². The fourth-order valence-electron chi connectivity index (χ4n) is 3.70. The lowest BCUT2D eigenvalue weighted by atomic mass is 9.87. The monoisotopic (exact) mass is 333 g/mol. The second kappa shape index (κ2) is 6.77. The van der Waals surface area contributed by atoms with Gasteiger partial charge >= 0.3 is 6.09 Å². The van der Waals surface area contributed by atoms with Gasteiger partial charge in [0.15, 0.2) is 0 Å². The highest BCUT2D eigenvalue weighted by molar-refractivity contribution is 5.68. The fourth-order valence-corrected chi connectivity index (χ4v) is 3.70. The first-order valence-electron chi connectivity index (χ1n) is 9.36. The number of carbonyl (C=O) groups is 1. The molecule has 0 radical (unpaired) electrons. The Kier molecular flexibility index (Phi) is 4.88. The van der Waals surface area contributed by atoms with Crippen LogP contribution >= 0.6 is 0 Å². The van der Waals surface area contributed by atoms with E-state index in [2.05, 4.69) is 17.8 Å². The molecule has 2 heterocycles. The molecule has 1 aromatic rings. The Morgan fingerprint density at radius 3 is 2.50 bits per heavy atom. The first kappa shape index (κ1) is 17.3. The van der Waals surface area contributed by atoms with Gasteiger partial charge in [0.05, 0.1) is 11.7 Å². The second-order valence-corrected chi connectivity index (χ2v) is 8.46. The van der Waals surface area contributed by atoms with Crippen LogP contribution in [0.5, 0.6) is 0 Å². The van der Waals surface area contributed by atoms with Crippen molar-refractivity contribution in [2.24, 2.45) is 5.92 Å². The lowest BCUT2D eigenvalue weighted by Crippen LogP contribution is -2.38. The largest absolute Gasteiger partial charge is 0.444 e. The summed E-state index contributed by atoms with van der Waals surface area (Å²) in [5, 5.41) is 4.87. The maximum absolute atomic E-state index is 12.3. The number of fused-ring (bicyclic) bond motifs is 1. The second-order valence-electron chi connectivity index (χ2n) is 8.46. The molecule has 1 amide bonds. The van der Waals surface area contributed by atoms with Gasteiger partial charge in [0.2, 0.25) is 0 Å². The molecule has 1 aliphatic carbocycles. The number of amides is 1. The predicted octanol–water partition coefficient (Wildman–Crippen LogP) is 3.97. The quantitative estimate of drug-likeness (QED) is 0.781. The van der Waals surface area contributed by atoms with E-state index in [4.69, 9.17) is 9.84 Å². The number of hydrogen-bond donors (Lipinski definition) is 0. The number of ether oxygens (including phenoxy) is 1. The molecule has 1 saturated carbocycles. The molecule has 0 atom stereocenters. The molecule has 3 rings (SSSR count). The van der Waals surface area contributed by atoms with Crippen LogP contribution in [-0.4, -0.2) is 39.5 Å². The highest BCUT2D eigenvalue weighted by Crippen LogP contribution is 2.32. The van der Waals surface area contributed by atoms with Crippen LogP contribution in [0.4, 0.5) is 4.79 Å². The Bertz CT molecular complexity index is 554. The highest BCUT2D eigenvalue weighted by Gasteiger charge is 2.27. The number of hydrogen-bond acceptors (Lipinski definition) is 3. The molecule has 24 heavy (non-hydrogen) atoms. The molecule has 2 aliphatic rings. The van der Waals surface area contributed by atoms with Crippen LogP contribution in [0.15, 0.2) is 6.20 Å². The van der Waals surface area contributed by atoms with Crippen molar-refractivity contribution in [2.75, 3.05) is 13.1 Å². The van der Waals surface area contributed by atoms with Gasteiger partial charge in [-0.25, -0.2) is 4.79 Å². The number of nitrogens with zero attached hydrogens (tertiary/aromatic N) is 3. The summed E-state index contributed by atoms with van der Waals surface area (Å²) in [7, 11) is 0. The van der Waals surface area contributed by atoms with Gasteiger partial charge in [-0.3, -0.25) is 4.68 Å². The van der Waals surface area contributed by atoms with E-state index < -0.39 is 5.60 Å². The topological polar surface area (TPSA) is 47.4 Å². The zero-order valence-corrected chi connectivity index (χ0v) is 15.5. The first-order chi connectivity index (χ1) is 11.3. The average Bonchev–Trinajstić information content (AvgIpc) is 2.79. The van der Waals surface area contributed by atoms with Crippen molar-refractivity contribution < 1.29 is 9.53 Å². The van der Waals surface area contributed by atoms with E-state index in [0.717, 1.165) is 25.3 Å². The molecule has 134 valence electrons. The third-order valence-corrected chi connectivity index (χ3v) is 5.18. The first-order valence-corrected chi connectivity index (χ1v) is 9.36. The van der Waals surface area contributed by atoms with Gasteiger partial charge in [-0.2, -0.15) is 5.10 Å². The van der Waals surface area contributed by atoms with Gasteiger partial charge in [0.1, 0.15) is 5.60 Å². The van der Waals surface area contributed by atoms with Crippen LogP contribution < -0.4 is 0 Å². The third kappa shape index (κ3) is 4.11. The predicted molar refractivity (Wildman–Crippen MR) is 94.1 cm³/mol. The smallest absolute Gasteiger partial charge is 0.410 e. The molecule has 1 aromatic heterocycles. The van der Waals surface area contributed by atoms with Gasteiger partial charge in [0, 0.05) is 25.7 Å². The van der Waals surface area contributed by atoms with Gasteiger partial charge in [0.25, 0.3) is 0 Å². The van der Waals surface area contributed by atoms with Crippen molar-refractivity contribution >= 4 is 6.09 Å².